The zero-order chi connectivity index (χ0) is 24.5. The fourth-order valence-corrected chi connectivity index (χ4v) is 20.3. The van der Waals surface area contributed by atoms with Crippen LogP contribution in [0.4, 0.5) is 4.79 Å². The first-order valence-electron chi connectivity index (χ1n) is 13.3. The molecule has 5 nitrogen and oxygen atoms in total. The van der Waals surface area contributed by atoms with Crippen molar-refractivity contribution in [1.82, 2.24) is 9.88 Å². The Morgan fingerprint density at radius 3 is 2.12 bits per heavy atom. The molecule has 0 N–H and O–H groups in total. The fourth-order valence-electron chi connectivity index (χ4n) is 4.77. The van der Waals surface area contributed by atoms with Crippen LogP contribution in [-0.4, -0.2) is 59.1 Å². The van der Waals surface area contributed by atoms with Gasteiger partial charge < -0.3 is 0 Å². The minimum atomic E-state index is -2.53. The molecular weight excluding hydrogens is 519 g/mol. The monoisotopic (exact) mass is 568 g/mol. The number of likely N-dealkylation sites (tertiary alicyclic amines) is 1. The van der Waals surface area contributed by atoms with Gasteiger partial charge in [-0.15, -0.1) is 0 Å². The van der Waals surface area contributed by atoms with E-state index in [4.69, 9.17) is 14.5 Å². The fraction of sp³-hybridized carbons (Fsp3) is 0.778. The van der Waals surface area contributed by atoms with E-state index < -0.39 is 24.0 Å². The standard InChI is InChI=1S/C15H21N2O3.3C4H9.Sn/c1-11-13(6-5-8-16-11)19-12-7-9-17(10-12)14(18)20-15(2,3)4;3*1-3-4-2;/h5-6,12H,7,9-10H2,1-4H3;3*1,3-4H2,2H3;. The second-order valence-electron chi connectivity index (χ2n) is 10.8. The molecule has 1 unspecified atom stereocenters. The predicted molar refractivity (Wildman–Crippen MR) is 140 cm³/mol. The van der Waals surface area contributed by atoms with Gasteiger partial charge in [0.1, 0.15) is 0 Å². The van der Waals surface area contributed by atoms with E-state index in [-0.39, 0.29) is 12.2 Å². The maximum absolute atomic E-state index is 12.4. The number of ether oxygens (including phenoxy) is 2. The summed E-state index contributed by atoms with van der Waals surface area (Å²) in [5, 5.41) is 0. The number of nitrogens with zero attached hydrogens (tertiary/aromatic N) is 2. The number of pyridine rings is 1. The minimum absolute atomic E-state index is 0.00239. The number of carbonyl (C=O) groups excluding carboxylic acids is 1. The number of hydrogen-bond donors (Lipinski definition) is 0. The molecule has 188 valence electrons. The van der Waals surface area contributed by atoms with Crippen LogP contribution in [0.1, 0.15) is 92.2 Å². The van der Waals surface area contributed by atoms with Gasteiger partial charge in [-0.25, -0.2) is 0 Å². The summed E-state index contributed by atoms with van der Waals surface area (Å²) in [6, 6.07) is 4.48. The summed E-state index contributed by atoms with van der Waals surface area (Å²) in [7, 11) is 0. The first-order valence-corrected chi connectivity index (χ1v) is 20.7. The van der Waals surface area contributed by atoms with Crippen molar-refractivity contribution in [2.24, 2.45) is 0 Å². The zero-order valence-corrected chi connectivity index (χ0v) is 25.2. The number of amides is 1. The molecular formula is C27H48N2O3Sn. The summed E-state index contributed by atoms with van der Waals surface area (Å²) in [6.07, 6.45) is 8.40. The van der Waals surface area contributed by atoms with E-state index in [0.29, 0.717) is 13.1 Å². The van der Waals surface area contributed by atoms with E-state index in [1.54, 1.807) is 4.90 Å². The van der Waals surface area contributed by atoms with Crippen molar-refractivity contribution >= 4 is 28.2 Å². The molecule has 1 aliphatic rings. The quantitative estimate of drug-likeness (QED) is 0.260. The van der Waals surface area contributed by atoms with Crippen molar-refractivity contribution < 1.29 is 14.3 Å². The van der Waals surface area contributed by atoms with Crippen LogP contribution in [-0.2, 0) is 4.74 Å². The van der Waals surface area contributed by atoms with Gasteiger partial charge in [-0.2, -0.15) is 0 Å². The molecule has 1 aromatic rings. The third-order valence-corrected chi connectivity index (χ3v) is 21.8. The van der Waals surface area contributed by atoms with Gasteiger partial charge in [0.2, 0.25) is 0 Å². The molecule has 1 saturated heterocycles. The average Bonchev–Trinajstić information content (AvgIpc) is 3.23. The van der Waals surface area contributed by atoms with Crippen molar-refractivity contribution in [1.29, 1.82) is 0 Å². The van der Waals surface area contributed by atoms with E-state index in [1.165, 1.54) is 55.5 Å². The molecule has 1 aromatic heterocycles. The van der Waals surface area contributed by atoms with Gasteiger partial charge in [0, 0.05) is 0 Å². The molecule has 0 aromatic carbocycles. The Hall–Kier alpha value is -0.981. The van der Waals surface area contributed by atoms with Crippen LogP contribution in [0, 0.1) is 6.92 Å². The summed E-state index contributed by atoms with van der Waals surface area (Å²) >= 11 is -2.53. The summed E-state index contributed by atoms with van der Waals surface area (Å²) in [5.74, 6) is 0.872. The van der Waals surface area contributed by atoms with Crippen LogP contribution in [0.15, 0.2) is 12.1 Å². The molecule has 33 heavy (non-hydrogen) atoms. The van der Waals surface area contributed by atoms with E-state index in [2.05, 4.69) is 39.8 Å². The Morgan fingerprint density at radius 1 is 1.06 bits per heavy atom. The Balaban J connectivity index is 2.14. The number of rotatable bonds is 12. The van der Waals surface area contributed by atoms with Crippen LogP contribution in [0.5, 0.6) is 5.75 Å². The van der Waals surface area contributed by atoms with Crippen LogP contribution < -0.4 is 8.45 Å². The van der Waals surface area contributed by atoms with Gasteiger partial charge in [-0.1, -0.05) is 0 Å². The van der Waals surface area contributed by atoms with Crippen LogP contribution in [0.25, 0.3) is 0 Å². The maximum atomic E-state index is 12.4. The number of unbranched alkanes of at least 4 members (excludes halogenated alkanes) is 3. The van der Waals surface area contributed by atoms with Gasteiger partial charge >= 0.3 is 207 Å². The second-order valence-corrected chi connectivity index (χ2v) is 23.9. The third kappa shape index (κ3) is 8.63. The van der Waals surface area contributed by atoms with Gasteiger partial charge in [0.25, 0.3) is 0 Å². The van der Waals surface area contributed by atoms with Crippen LogP contribution >= 0.6 is 0 Å². The molecule has 2 heterocycles. The molecule has 0 radical (unpaired) electrons. The summed E-state index contributed by atoms with van der Waals surface area (Å²) < 4.78 is 17.6. The molecule has 1 fully saturated rings. The molecule has 2 rings (SSSR count). The topological polar surface area (TPSA) is 51.7 Å². The summed E-state index contributed by atoms with van der Waals surface area (Å²) in [5.41, 5.74) is 0.534. The molecule has 0 spiro atoms. The van der Waals surface area contributed by atoms with Crippen LogP contribution in [0.2, 0.25) is 13.3 Å². The molecule has 1 aliphatic heterocycles. The van der Waals surface area contributed by atoms with Crippen molar-refractivity contribution in [2.75, 3.05) is 13.1 Å². The molecule has 0 aliphatic carbocycles. The number of carbonyl (C=O) groups is 1. The van der Waals surface area contributed by atoms with Gasteiger partial charge in [0.05, 0.1) is 0 Å². The Morgan fingerprint density at radius 2 is 1.64 bits per heavy atom. The zero-order valence-electron chi connectivity index (χ0n) is 22.3. The Labute approximate surface area is 206 Å². The van der Waals surface area contributed by atoms with Crippen LogP contribution in [0.3, 0.4) is 0 Å². The normalized spacial score (nSPS) is 16.8. The number of aryl methyl sites for hydroxylation is 1. The summed E-state index contributed by atoms with van der Waals surface area (Å²) in [4.78, 5) is 19.4. The molecule has 0 bridgehead atoms. The molecule has 0 saturated carbocycles. The first-order chi connectivity index (χ1) is 15.6. The number of hydrogen-bond acceptors (Lipinski definition) is 4. The molecule has 1 amide bonds. The molecule has 1 atom stereocenters. The van der Waals surface area contributed by atoms with E-state index >= 15 is 0 Å². The van der Waals surface area contributed by atoms with Crippen molar-refractivity contribution in [3.8, 4) is 5.75 Å². The van der Waals surface area contributed by atoms with Crippen molar-refractivity contribution in [3.05, 3.63) is 17.8 Å². The Kier molecular flexibility index (Phi) is 11.3. The van der Waals surface area contributed by atoms with E-state index in [9.17, 15) is 4.79 Å². The average molecular weight is 567 g/mol. The van der Waals surface area contributed by atoms with Crippen molar-refractivity contribution in [3.63, 3.8) is 0 Å². The van der Waals surface area contributed by atoms with E-state index in [1.807, 2.05) is 20.8 Å². The Bertz CT molecular complexity index is 726. The van der Waals surface area contributed by atoms with Crippen molar-refractivity contribution in [2.45, 2.75) is 118 Å². The van der Waals surface area contributed by atoms with Gasteiger partial charge in [0.15, 0.2) is 0 Å². The third-order valence-electron chi connectivity index (χ3n) is 6.70. The van der Waals surface area contributed by atoms with Gasteiger partial charge in [-0.3, -0.25) is 0 Å². The summed E-state index contributed by atoms with van der Waals surface area (Å²) in [6.45, 7) is 16.0. The predicted octanol–water partition coefficient (Wildman–Crippen LogP) is 6.83. The van der Waals surface area contributed by atoms with E-state index in [0.717, 1.165) is 17.9 Å². The SMILES string of the molecule is CCC[CH2][Sn]([CH2]CCC)([CH2]CCC)[c]1ccc(OC2CCN(C(=O)OC(C)(C)C)C2)c(C)n1. The molecule has 6 heteroatoms. The number of aromatic nitrogens is 1. The first kappa shape index (κ1) is 28.3. The second kappa shape index (κ2) is 13.2. The van der Waals surface area contributed by atoms with Gasteiger partial charge in [-0.05, 0) is 0 Å².